The van der Waals surface area contributed by atoms with E-state index in [1.807, 2.05) is 6.92 Å². The number of nitrogens with zero attached hydrogens (tertiary/aromatic N) is 2. The van der Waals surface area contributed by atoms with Gasteiger partial charge in [0.15, 0.2) is 0 Å². The minimum Gasteiger partial charge on any atom is -0.496 e. The first-order valence-electron chi connectivity index (χ1n) is 8.31. The van der Waals surface area contributed by atoms with Gasteiger partial charge in [0.2, 0.25) is 0 Å². The first-order chi connectivity index (χ1) is 12.9. The Kier molecular flexibility index (Phi) is 5.21. The Hall–Kier alpha value is -3.22. The van der Waals surface area contributed by atoms with Crippen LogP contribution in [0.15, 0.2) is 42.6 Å². The fourth-order valence-electron chi connectivity index (χ4n) is 2.73. The molecule has 1 aromatic heterocycles. The Labute approximate surface area is 155 Å². The van der Waals surface area contributed by atoms with Gasteiger partial charge in [0.25, 0.3) is 5.91 Å². The Morgan fingerprint density at radius 1 is 1.15 bits per heavy atom. The van der Waals surface area contributed by atoms with Crippen LogP contribution in [0.1, 0.15) is 27.0 Å². The average Bonchev–Trinajstić information content (AvgIpc) is 2.98. The number of rotatable bonds is 5. The van der Waals surface area contributed by atoms with Crippen LogP contribution in [-0.2, 0) is 6.54 Å². The third-order valence-corrected chi connectivity index (χ3v) is 4.25. The van der Waals surface area contributed by atoms with Gasteiger partial charge in [-0.15, -0.1) is 0 Å². The molecule has 0 saturated heterocycles. The highest BCUT2D eigenvalue weighted by Gasteiger charge is 2.15. The predicted octanol–water partition coefficient (Wildman–Crippen LogP) is 4.09. The Morgan fingerprint density at radius 2 is 1.93 bits per heavy atom. The number of carbonyl (C=O) groups is 1. The van der Waals surface area contributed by atoms with Crippen LogP contribution in [0.3, 0.4) is 0 Å². The Bertz CT molecular complexity index is 999. The topological polar surface area (TPSA) is 56.1 Å². The summed E-state index contributed by atoms with van der Waals surface area (Å²) in [5.74, 6) is -0.395. The molecule has 0 atom stereocenters. The fraction of sp³-hybridized carbons (Fsp3) is 0.200. The molecular weight excluding hydrogens is 352 g/mol. The molecule has 0 aliphatic carbocycles. The third-order valence-electron chi connectivity index (χ3n) is 4.25. The molecule has 5 nitrogen and oxygen atoms in total. The summed E-state index contributed by atoms with van der Waals surface area (Å²) in [7, 11) is 1.54. The van der Waals surface area contributed by atoms with E-state index < -0.39 is 11.6 Å². The van der Waals surface area contributed by atoms with E-state index >= 15 is 0 Å². The highest BCUT2D eigenvalue weighted by Crippen LogP contribution is 2.22. The minimum atomic E-state index is -0.537. The number of hydrogen-bond donors (Lipinski definition) is 1. The zero-order valence-corrected chi connectivity index (χ0v) is 15.2. The molecule has 140 valence electrons. The molecular formula is C20H19F2N3O2. The van der Waals surface area contributed by atoms with Gasteiger partial charge in [0.1, 0.15) is 23.2 Å². The summed E-state index contributed by atoms with van der Waals surface area (Å²) in [6, 6.07) is 8.36. The summed E-state index contributed by atoms with van der Waals surface area (Å²) in [4.78, 5) is 12.6. The second-order valence-corrected chi connectivity index (χ2v) is 6.21. The normalized spacial score (nSPS) is 10.7. The molecule has 0 bridgehead atoms. The molecule has 0 radical (unpaired) electrons. The van der Waals surface area contributed by atoms with Crippen molar-refractivity contribution in [2.45, 2.75) is 20.4 Å². The van der Waals surface area contributed by atoms with Crippen LogP contribution in [0.25, 0.3) is 0 Å². The standard InChI is InChI=1S/C20H19F2N3O2/c1-12-4-5-14(9-18(12)27-3)20(26)24-19-13(2)10-23-25(19)11-15-8-16(21)6-7-17(15)22/h4-10H,11H2,1-3H3,(H,24,26). The molecule has 7 heteroatoms. The molecule has 0 aliphatic heterocycles. The van der Waals surface area contributed by atoms with Crippen molar-refractivity contribution >= 4 is 11.7 Å². The van der Waals surface area contributed by atoms with Crippen molar-refractivity contribution in [2.24, 2.45) is 0 Å². The summed E-state index contributed by atoms with van der Waals surface area (Å²) < 4.78 is 34.0. The van der Waals surface area contributed by atoms with Gasteiger partial charge in [-0.2, -0.15) is 5.10 Å². The van der Waals surface area contributed by atoms with Gasteiger partial charge in [-0.25, -0.2) is 13.5 Å². The third kappa shape index (κ3) is 3.97. The highest BCUT2D eigenvalue weighted by atomic mass is 19.1. The molecule has 27 heavy (non-hydrogen) atoms. The number of anilines is 1. The lowest BCUT2D eigenvalue weighted by atomic mass is 10.1. The van der Waals surface area contributed by atoms with Gasteiger partial charge in [0, 0.05) is 16.7 Å². The number of methoxy groups -OCH3 is 1. The van der Waals surface area contributed by atoms with E-state index in [4.69, 9.17) is 4.74 Å². The molecule has 1 amide bonds. The summed E-state index contributed by atoms with van der Waals surface area (Å²) in [6.07, 6.45) is 1.56. The highest BCUT2D eigenvalue weighted by molar-refractivity contribution is 6.04. The number of nitrogens with one attached hydrogen (secondary N) is 1. The lowest BCUT2D eigenvalue weighted by molar-refractivity contribution is 0.102. The van der Waals surface area contributed by atoms with Crippen molar-refractivity contribution in [1.29, 1.82) is 0 Å². The van der Waals surface area contributed by atoms with Crippen molar-refractivity contribution in [3.63, 3.8) is 0 Å². The quantitative estimate of drug-likeness (QED) is 0.735. The van der Waals surface area contributed by atoms with Crippen LogP contribution >= 0.6 is 0 Å². The van der Waals surface area contributed by atoms with Crippen molar-refractivity contribution in [3.8, 4) is 5.75 Å². The van der Waals surface area contributed by atoms with E-state index in [-0.39, 0.29) is 18.0 Å². The van der Waals surface area contributed by atoms with Crippen molar-refractivity contribution in [2.75, 3.05) is 12.4 Å². The van der Waals surface area contributed by atoms with E-state index in [0.717, 1.165) is 23.8 Å². The molecule has 3 rings (SSSR count). The predicted molar refractivity (Wildman–Crippen MR) is 98.1 cm³/mol. The lowest BCUT2D eigenvalue weighted by Gasteiger charge is -2.12. The van der Waals surface area contributed by atoms with Gasteiger partial charge in [-0.1, -0.05) is 6.07 Å². The van der Waals surface area contributed by atoms with Gasteiger partial charge >= 0.3 is 0 Å². The largest absolute Gasteiger partial charge is 0.496 e. The smallest absolute Gasteiger partial charge is 0.256 e. The van der Waals surface area contributed by atoms with Crippen LogP contribution < -0.4 is 10.1 Å². The van der Waals surface area contributed by atoms with Crippen molar-refractivity contribution in [1.82, 2.24) is 9.78 Å². The van der Waals surface area contributed by atoms with E-state index in [2.05, 4.69) is 10.4 Å². The summed E-state index contributed by atoms with van der Waals surface area (Å²) in [6.45, 7) is 3.65. The van der Waals surface area contributed by atoms with Gasteiger partial charge in [-0.05, 0) is 49.7 Å². The average molecular weight is 371 g/mol. The fourth-order valence-corrected chi connectivity index (χ4v) is 2.73. The van der Waals surface area contributed by atoms with E-state index in [0.29, 0.717) is 22.7 Å². The number of carbonyl (C=O) groups excluding carboxylic acids is 1. The van der Waals surface area contributed by atoms with Crippen LogP contribution in [0, 0.1) is 25.5 Å². The number of hydrogen-bond acceptors (Lipinski definition) is 3. The van der Waals surface area contributed by atoms with E-state index in [1.54, 1.807) is 31.3 Å². The maximum atomic E-state index is 13.9. The molecule has 3 aromatic rings. The first-order valence-corrected chi connectivity index (χ1v) is 8.31. The zero-order valence-electron chi connectivity index (χ0n) is 15.2. The number of ether oxygens (including phenoxy) is 1. The molecule has 1 heterocycles. The molecule has 0 fully saturated rings. The van der Waals surface area contributed by atoms with E-state index in [1.165, 1.54) is 11.8 Å². The van der Waals surface area contributed by atoms with Gasteiger partial charge in [-0.3, -0.25) is 4.79 Å². The van der Waals surface area contributed by atoms with Crippen LogP contribution in [0.4, 0.5) is 14.6 Å². The maximum Gasteiger partial charge on any atom is 0.256 e. The molecule has 0 unspecified atom stereocenters. The monoisotopic (exact) mass is 371 g/mol. The second-order valence-electron chi connectivity index (χ2n) is 6.21. The Morgan fingerprint density at radius 3 is 2.67 bits per heavy atom. The number of aromatic nitrogens is 2. The van der Waals surface area contributed by atoms with Crippen molar-refractivity contribution in [3.05, 3.63) is 76.5 Å². The molecule has 0 saturated carbocycles. The number of amides is 1. The molecule has 0 spiro atoms. The number of halogens is 2. The summed E-state index contributed by atoms with van der Waals surface area (Å²) in [5.41, 5.74) is 2.18. The number of benzene rings is 2. The van der Waals surface area contributed by atoms with Crippen LogP contribution in [-0.4, -0.2) is 22.8 Å². The van der Waals surface area contributed by atoms with Crippen LogP contribution in [0.2, 0.25) is 0 Å². The molecule has 0 aliphatic rings. The minimum absolute atomic E-state index is 0.00966. The lowest BCUT2D eigenvalue weighted by Crippen LogP contribution is -2.17. The first kappa shape index (κ1) is 18.6. The van der Waals surface area contributed by atoms with Crippen molar-refractivity contribution < 1.29 is 18.3 Å². The number of aryl methyl sites for hydroxylation is 2. The zero-order chi connectivity index (χ0) is 19.6. The van der Waals surface area contributed by atoms with Gasteiger partial charge < -0.3 is 10.1 Å². The van der Waals surface area contributed by atoms with E-state index in [9.17, 15) is 13.6 Å². The summed E-state index contributed by atoms with van der Waals surface area (Å²) >= 11 is 0. The van der Waals surface area contributed by atoms with Gasteiger partial charge in [0.05, 0.1) is 19.9 Å². The van der Waals surface area contributed by atoms with Crippen LogP contribution in [0.5, 0.6) is 5.75 Å². The maximum absolute atomic E-state index is 13.9. The summed E-state index contributed by atoms with van der Waals surface area (Å²) in [5, 5.41) is 6.95. The molecule has 1 N–H and O–H groups in total. The molecule has 2 aromatic carbocycles. The second kappa shape index (κ2) is 7.57. The SMILES string of the molecule is COc1cc(C(=O)Nc2c(C)cnn2Cc2cc(F)ccc2F)ccc1C. The Balaban J connectivity index is 1.86.